The fourth-order valence-electron chi connectivity index (χ4n) is 3.19. The lowest BCUT2D eigenvalue weighted by atomic mass is 10.0. The van der Waals surface area contributed by atoms with Gasteiger partial charge in [-0.05, 0) is 37.5 Å². The summed E-state index contributed by atoms with van der Waals surface area (Å²) in [7, 11) is 1.77. The van der Waals surface area contributed by atoms with Gasteiger partial charge >= 0.3 is 0 Å². The largest absolute Gasteiger partial charge is 0.385 e. The molecular formula is C11H21NO. The van der Waals surface area contributed by atoms with Gasteiger partial charge < -0.3 is 10.5 Å². The van der Waals surface area contributed by atoms with E-state index in [0.717, 1.165) is 24.9 Å². The number of ether oxygens (including phenoxy) is 1. The van der Waals surface area contributed by atoms with Crippen molar-refractivity contribution in [3.8, 4) is 0 Å². The van der Waals surface area contributed by atoms with Gasteiger partial charge in [0.05, 0.1) is 0 Å². The lowest BCUT2D eigenvalue weighted by molar-refractivity contribution is 0.188. The van der Waals surface area contributed by atoms with Gasteiger partial charge in [-0.2, -0.15) is 0 Å². The standard InChI is InChI=1S/C11H21NO/c1-13-8-4-7-11(12)9-5-2-3-6-10(9)11/h9-10H,2-8,12H2,1H3. The zero-order valence-electron chi connectivity index (χ0n) is 8.59. The molecule has 13 heavy (non-hydrogen) atoms. The molecule has 0 aromatic heterocycles. The Kier molecular flexibility index (Phi) is 2.61. The van der Waals surface area contributed by atoms with Gasteiger partial charge in [-0.1, -0.05) is 12.8 Å². The Labute approximate surface area is 80.8 Å². The van der Waals surface area contributed by atoms with Crippen LogP contribution >= 0.6 is 0 Å². The fraction of sp³-hybridized carbons (Fsp3) is 1.00. The van der Waals surface area contributed by atoms with Crippen molar-refractivity contribution in [3.05, 3.63) is 0 Å². The molecule has 0 heterocycles. The maximum absolute atomic E-state index is 6.38. The van der Waals surface area contributed by atoms with Crippen molar-refractivity contribution in [3.63, 3.8) is 0 Å². The Bertz CT molecular complexity index is 169. The number of rotatable bonds is 4. The molecule has 2 fully saturated rings. The van der Waals surface area contributed by atoms with E-state index in [4.69, 9.17) is 10.5 Å². The van der Waals surface area contributed by atoms with Crippen LogP contribution in [0.15, 0.2) is 0 Å². The summed E-state index contributed by atoms with van der Waals surface area (Å²) in [5, 5.41) is 0. The van der Waals surface area contributed by atoms with Crippen LogP contribution in [0.1, 0.15) is 38.5 Å². The monoisotopic (exact) mass is 183 g/mol. The highest BCUT2D eigenvalue weighted by Gasteiger charge is 2.60. The molecular weight excluding hydrogens is 162 g/mol. The predicted molar refractivity (Wildman–Crippen MR) is 53.5 cm³/mol. The topological polar surface area (TPSA) is 35.2 Å². The average molecular weight is 183 g/mol. The van der Waals surface area contributed by atoms with E-state index < -0.39 is 0 Å². The van der Waals surface area contributed by atoms with E-state index in [2.05, 4.69) is 0 Å². The normalized spacial score (nSPS) is 42.9. The highest BCUT2D eigenvalue weighted by Crippen LogP contribution is 2.58. The number of nitrogens with two attached hydrogens (primary N) is 1. The first-order valence-corrected chi connectivity index (χ1v) is 5.57. The van der Waals surface area contributed by atoms with Crippen LogP contribution in [-0.4, -0.2) is 19.3 Å². The molecule has 2 N–H and O–H groups in total. The summed E-state index contributed by atoms with van der Waals surface area (Å²) in [6.07, 6.45) is 7.90. The smallest absolute Gasteiger partial charge is 0.0462 e. The third kappa shape index (κ3) is 1.62. The van der Waals surface area contributed by atoms with Crippen molar-refractivity contribution in [2.24, 2.45) is 17.6 Å². The first kappa shape index (κ1) is 9.47. The fourth-order valence-corrected chi connectivity index (χ4v) is 3.19. The maximum atomic E-state index is 6.38. The summed E-state index contributed by atoms with van der Waals surface area (Å²) in [6, 6.07) is 0. The van der Waals surface area contributed by atoms with Crippen LogP contribution in [0.3, 0.4) is 0 Å². The third-order valence-corrected chi connectivity index (χ3v) is 4.00. The van der Waals surface area contributed by atoms with E-state index in [0.29, 0.717) is 0 Å². The zero-order chi connectivity index (χ0) is 9.31. The minimum absolute atomic E-state index is 0.217. The maximum Gasteiger partial charge on any atom is 0.0462 e. The Morgan fingerprint density at radius 2 is 1.92 bits per heavy atom. The van der Waals surface area contributed by atoms with E-state index in [1.54, 1.807) is 7.11 Å². The van der Waals surface area contributed by atoms with Crippen LogP contribution in [-0.2, 0) is 4.74 Å². The van der Waals surface area contributed by atoms with Crippen molar-refractivity contribution >= 4 is 0 Å². The van der Waals surface area contributed by atoms with Crippen LogP contribution in [0, 0.1) is 11.8 Å². The molecule has 2 atom stereocenters. The minimum atomic E-state index is 0.217. The van der Waals surface area contributed by atoms with Gasteiger partial charge in [0.25, 0.3) is 0 Å². The molecule has 2 unspecified atom stereocenters. The second-order valence-corrected chi connectivity index (χ2v) is 4.71. The lowest BCUT2D eigenvalue weighted by Gasteiger charge is -2.10. The molecule has 0 amide bonds. The van der Waals surface area contributed by atoms with Crippen LogP contribution in [0.25, 0.3) is 0 Å². The Morgan fingerprint density at radius 3 is 2.46 bits per heavy atom. The van der Waals surface area contributed by atoms with Gasteiger partial charge in [0.1, 0.15) is 0 Å². The Hall–Kier alpha value is -0.0800. The quantitative estimate of drug-likeness (QED) is 0.676. The van der Waals surface area contributed by atoms with Crippen molar-refractivity contribution < 1.29 is 4.74 Å². The molecule has 0 aliphatic heterocycles. The molecule has 2 rings (SSSR count). The van der Waals surface area contributed by atoms with Gasteiger partial charge in [0.15, 0.2) is 0 Å². The van der Waals surface area contributed by atoms with Gasteiger partial charge in [-0.15, -0.1) is 0 Å². The Balaban J connectivity index is 1.78. The minimum Gasteiger partial charge on any atom is -0.385 e. The lowest BCUT2D eigenvalue weighted by Crippen LogP contribution is -2.27. The molecule has 0 radical (unpaired) electrons. The van der Waals surface area contributed by atoms with Gasteiger partial charge in [-0.25, -0.2) is 0 Å². The predicted octanol–water partition coefficient (Wildman–Crippen LogP) is 1.93. The molecule has 0 aromatic rings. The summed E-state index contributed by atoms with van der Waals surface area (Å²) in [6.45, 7) is 0.873. The number of methoxy groups -OCH3 is 1. The molecule has 2 saturated carbocycles. The van der Waals surface area contributed by atoms with Crippen LogP contribution in [0.5, 0.6) is 0 Å². The van der Waals surface area contributed by atoms with Crippen molar-refractivity contribution in [1.29, 1.82) is 0 Å². The molecule has 2 nitrogen and oxygen atoms in total. The van der Waals surface area contributed by atoms with Gasteiger partial charge in [-0.3, -0.25) is 0 Å². The third-order valence-electron chi connectivity index (χ3n) is 4.00. The Morgan fingerprint density at radius 1 is 1.31 bits per heavy atom. The average Bonchev–Trinajstić information content (AvgIpc) is 2.75. The van der Waals surface area contributed by atoms with Crippen molar-refractivity contribution in [2.75, 3.05) is 13.7 Å². The highest BCUT2D eigenvalue weighted by molar-refractivity contribution is 5.16. The van der Waals surface area contributed by atoms with E-state index >= 15 is 0 Å². The SMILES string of the molecule is COCCCC1(N)C2CCCCC21. The number of hydrogen-bond acceptors (Lipinski definition) is 2. The van der Waals surface area contributed by atoms with E-state index in [1.165, 1.54) is 32.1 Å². The first-order chi connectivity index (χ1) is 6.29. The molecule has 2 heteroatoms. The molecule has 0 bridgehead atoms. The van der Waals surface area contributed by atoms with Gasteiger partial charge in [0.2, 0.25) is 0 Å². The van der Waals surface area contributed by atoms with E-state index in [1.807, 2.05) is 0 Å². The molecule has 76 valence electrons. The highest BCUT2D eigenvalue weighted by atomic mass is 16.5. The summed E-state index contributed by atoms with van der Waals surface area (Å²) in [5.74, 6) is 1.72. The summed E-state index contributed by atoms with van der Waals surface area (Å²) in [4.78, 5) is 0. The first-order valence-electron chi connectivity index (χ1n) is 5.57. The number of fused-ring (bicyclic) bond motifs is 1. The second-order valence-electron chi connectivity index (χ2n) is 4.71. The molecule has 0 saturated heterocycles. The molecule has 2 aliphatic carbocycles. The molecule has 0 aromatic carbocycles. The van der Waals surface area contributed by atoms with Gasteiger partial charge in [0, 0.05) is 19.3 Å². The summed E-state index contributed by atoms with van der Waals surface area (Å²) < 4.78 is 5.06. The molecule has 0 spiro atoms. The number of hydrogen-bond donors (Lipinski definition) is 1. The zero-order valence-corrected chi connectivity index (χ0v) is 8.59. The second kappa shape index (κ2) is 3.58. The van der Waals surface area contributed by atoms with E-state index in [9.17, 15) is 0 Å². The van der Waals surface area contributed by atoms with Crippen molar-refractivity contribution in [1.82, 2.24) is 0 Å². The molecule has 2 aliphatic rings. The van der Waals surface area contributed by atoms with Crippen molar-refractivity contribution in [2.45, 2.75) is 44.1 Å². The van der Waals surface area contributed by atoms with E-state index in [-0.39, 0.29) is 5.54 Å². The van der Waals surface area contributed by atoms with Crippen LogP contribution in [0.2, 0.25) is 0 Å². The van der Waals surface area contributed by atoms with Crippen LogP contribution in [0.4, 0.5) is 0 Å². The van der Waals surface area contributed by atoms with Crippen LogP contribution < -0.4 is 5.73 Å². The summed E-state index contributed by atoms with van der Waals surface area (Å²) >= 11 is 0. The summed E-state index contributed by atoms with van der Waals surface area (Å²) in [5.41, 5.74) is 6.60.